The lowest BCUT2D eigenvalue weighted by Crippen LogP contribution is -2.28. The Morgan fingerprint density at radius 2 is 1.78 bits per heavy atom. The highest BCUT2D eigenvalue weighted by Crippen LogP contribution is 2.28. The fraction of sp³-hybridized carbons (Fsp3) is 0.222. The molecular formula is C18H18ClF2N3O3. The molecule has 27 heavy (non-hydrogen) atoms. The van der Waals surface area contributed by atoms with E-state index in [1.54, 1.807) is 20.8 Å². The Labute approximate surface area is 159 Å². The number of halogens is 3. The summed E-state index contributed by atoms with van der Waals surface area (Å²) in [7, 11) is 0. The van der Waals surface area contributed by atoms with E-state index >= 15 is 0 Å². The summed E-state index contributed by atoms with van der Waals surface area (Å²) in [6, 6.07) is 6.15. The molecule has 0 saturated heterocycles. The van der Waals surface area contributed by atoms with Gasteiger partial charge in [-0.25, -0.2) is 13.6 Å². The molecule has 0 saturated carbocycles. The average molecular weight is 398 g/mol. The third kappa shape index (κ3) is 5.30. The van der Waals surface area contributed by atoms with Crippen LogP contribution in [0.5, 0.6) is 0 Å². The predicted octanol–water partition coefficient (Wildman–Crippen LogP) is 4.80. The molecule has 0 aromatic heterocycles. The zero-order chi connectivity index (χ0) is 20.4. The average Bonchev–Trinajstić information content (AvgIpc) is 2.54. The number of benzene rings is 2. The van der Waals surface area contributed by atoms with Crippen molar-refractivity contribution in [2.75, 3.05) is 16.4 Å². The molecule has 144 valence electrons. The van der Waals surface area contributed by atoms with Crippen LogP contribution in [-0.2, 0) is 4.74 Å². The minimum absolute atomic E-state index is 0.0158. The first-order valence-electron chi connectivity index (χ1n) is 7.82. The standard InChI is InChI=1S/C18H18ClF2N3O3/c1-18(2,3)27-17(26)24-15-12(20)6-7-13(14(15)21)23-16(25)10-8-9(22)4-5-11(10)19/h4-8H,22H2,1-3H3,(H,23,25)(H,24,26). The van der Waals surface area contributed by atoms with E-state index in [1.165, 1.54) is 18.2 Å². The molecule has 0 radical (unpaired) electrons. The molecule has 0 atom stereocenters. The Kier molecular flexibility index (Phi) is 5.90. The van der Waals surface area contributed by atoms with Crippen molar-refractivity contribution in [1.29, 1.82) is 0 Å². The van der Waals surface area contributed by atoms with E-state index in [1.807, 2.05) is 5.32 Å². The molecule has 0 aliphatic carbocycles. The summed E-state index contributed by atoms with van der Waals surface area (Å²) in [4.78, 5) is 24.1. The topological polar surface area (TPSA) is 93.5 Å². The Balaban J connectivity index is 2.27. The largest absolute Gasteiger partial charge is 0.444 e. The second-order valence-electron chi connectivity index (χ2n) is 6.60. The zero-order valence-electron chi connectivity index (χ0n) is 14.8. The number of hydrogen-bond donors (Lipinski definition) is 3. The summed E-state index contributed by atoms with van der Waals surface area (Å²) in [5, 5.41) is 4.38. The number of nitrogen functional groups attached to an aromatic ring is 1. The lowest BCUT2D eigenvalue weighted by atomic mass is 10.1. The van der Waals surface area contributed by atoms with Crippen LogP contribution < -0.4 is 16.4 Å². The quantitative estimate of drug-likeness (QED) is 0.648. The number of amides is 2. The van der Waals surface area contributed by atoms with E-state index in [4.69, 9.17) is 22.1 Å². The highest BCUT2D eigenvalue weighted by atomic mass is 35.5. The molecule has 0 unspecified atom stereocenters. The van der Waals surface area contributed by atoms with E-state index in [-0.39, 0.29) is 22.0 Å². The first kappa shape index (κ1) is 20.4. The van der Waals surface area contributed by atoms with Crippen LogP contribution in [0.15, 0.2) is 30.3 Å². The molecule has 2 aromatic carbocycles. The number of carbonyl (C=O) groups excluding carboxylic acids is 2. The number of ether oxygens (including phenoxy) is 1. The van der Waals surface area contributed by atoms with Crippen LogP contribution in [0.4, 0.5) is 30.6 Å². The number of nitrogens with two attached hydrogens (primary N) is 1. The first-order valence-corrected chi connectivity index (χ1v) is 8.20. The van der Waals surface area contributed by atoms with Crippen LogP contribution in [0.1, 0.15) is 31.1 Å². The molecule has 0 aliphatic rings. The van der Waals surface area contributed by atoms with E-state index in [9.17, 15) is 18.4 Å². The van der Waals surface area contributed by atoms with Crippen molar-refractivity contribution >= 4 is 40.7 Å². The summed E-state index contributed by atoms with van der Waals surface area (Å²) < 4.78 is 33.5. The molecule has 2 amide bonds. The summed E-state index contributed by atoms with van der Waals surface area (Å²) in [6.07, 6.45) is -1.04. The SMILES string of the molecule is CC(C)(C)OC(=O)Nc1c(F)ccc(NC(=O)c2cc(N)ccc2Cl)c1F. The van der Waals surface area contributed by atoms with Crippen molar-refractivity contribution in [3.63, 3.8) is 0 Å². The van der Waals surface area contributed by atoms with Gasteiger partial charge in [-0.15, -0.1) is 0 Å². The molecule has 2 aromatic rings. The van der Waals surface area contributed by atoms with Crippen LogP contribution in [-0.4, -0.2) is 17.6 Å². The Morgan fingerprint density at radius 3 is 2.41 bits per heavy atom. The molecular weight excluding hydrogens is 380 g/mol. The summed E-state index contributed by atoms with van der Waals surface area (Å²) in [5.41, 5.74) is 3.96. The maximum absolute atomic E-state index is 14.6. The molecule has 6 nitrogen and oxygen atoms in total. The lowest BCUT2D eigenvalue weighted by molar-refractivity contribution is 0.0634. The van der Waals surface area contributed by atoms with Crippen LogP contribution in [0, 0.1) is 11.6 Å². The number of anilines is 3. The van der Waals surface area contributed by atoms with Crippen LogP contribution in [0.25, 0.3) is 0 Å². The van der Waals surface area contributed by atoms with Gasteiger partial charge in [0.2, 0.25) is 0 Å². The number of hydrogen-bond acceptors (Lipinski definition) is 4. The van der Waals surface area contributed by atoms with Gasteiger partial charge in [-0.3, -0.25) is 10.1 Å². The lowest BCUT2D eigenvalue weighted by Gasteiger charge is -2.20. The zero-order valence-corrected chi connectivity index (χ0v) is 15.6. The van der Waals surface area contributed by atoms with Crippen molar-refractivity contribution in [2.24, 2.45) is 0 Å². The summed E-state index contributed by atoms with van der Waals surface area (Å²) in [5.74, 6) is -2.95. The maximum Gasteiger partial charge on any atom is 0.412 e. The molecule has 9 heteroatoms. The fourth-order valence-electron chi connectivity index (χ4n) is 2.08. The van der Waals surface area contributed by atoms with Crippen molar-refractivity contribution in [1.82, 2.24) is 0 Å². The molecule has 0 fully saturated rings. The summed E-state index contributed by atoms with van der Waals surface area (Å²) >= 11 is 5.94. The van der Waals surface area contributed by atoms with Gasteiger partial charge in [0.1, 0.15) is 17.1 Å². The Hall–Kier alpha value is -2.87. The predicted molar refractivity (Wildman–Crippen MR) is 100 cm³/mol. The third-order valence-electron chi connectivity index (χ3n) is 3.20. The minimum atomic E-state index is -1.17. The number of nitrogens with one attached hydrogen (secondary N) is 2. The van der Waals surface area contributed by atoms with Gasteiger partial charge in [0.25, 0.3) is 5.91 Å². The second-order valence-corrected chi connectivity index (χ2v) is 7.01. The van der Waals surface area contributed by atoms with E-state index in [2.05, 4.69) is 5.32 Å². The van der Waals surface area contributed by atoms with E-state index in [0.29, 0.717) is 0 Å². The van der Waals surface area contributed by atoms with Crippen molar-refractivity contribution in [3.8, 4) is 0 Å². The van der Waals surface area contributed by atoms with Gasteiger partial charge in [-0.1, -0.05) is 11.6 Å². The maximum atomic E-state index is 14.6. The molecule has 0 bridgehead atoms. The molecule has 0 heterocycles. The monoisotopic (exact) mass is 397 g/mol. The first-order chi connectivity index (χ1) is 12.5. The Bertz CT molecular complexity index is 898. The highest BCUT2D eigenvalue weighted by molar-refractivity contribution is 6.34. The minimum Gasteiger partial charge on any atom is -0.444 e. The highest BCUT2D eigenvalue weighted by Gasteiger charge is 2.22. The van der Waals surface area contributed by atoms with Crippen molar-refractivity contribution in [2.45, 2.75) is 26.4 Å². The van der Waals surface area contributed by atoms with Gasteiger partial charge in [-0.05, 0) is 51.1 Å². The number of carbonyl (C=O) groups is 2. The van der Waals surface area contributed by atoms with Crippen molar-refractivity contribution in [3.05, 3.63) is 52.6 Å². The molecule has 0 aliphatic heterocycles. The van der Waals surface area contributed by atoms with Gasteiger partial charge < -0.3 is 15.8 Å². The Morgan fingerprint density at radius 1 is 1.11 bits per heavy atom. The van der Waals surface area contributed by atoms with E-state index < -0.39 is 34.9 Å². The number of rotatable bonds is 3. The van der Waals surface area contributed by atoms with Crippen LogP contribution in [0.2, 0.25) is 5.02 Å². The van der Waals surface area contributed by atoms with Gasteiger partial charge in [0.15, 0.2) is 5.82 Å². The van der Waals surface area contributed by atoms with Gasteiger partial charge in [-0.2, -0.15) is 0 Å². The van der Waals surface area contributed by atoms with Crippen LogP contribution in [0.3, 0.4) is 0 Å². The van der Waals surface area contributed by atoms with Gasteiger partial charge in [0.05, 0.1) is 16.3 Å². The van der Waals surface area contributed by atoms with Gasteiger partial charge in [0, 0.05) is 5.69 Å². The molecule has 2 rings (SSSR count). The molecule has 0 spiro atoms. The van der Waals surface area contributed by atoms with E-state index in [0.717, 1.165) is 12.1 Å². The third-order valence-corrected chi connectivity index (χ3v) is 3.53. The van der Waals surface area contributed by atoms with Gasteiger partial charge >= 0.3 is 6.09 Å². The second kappa shape index (κ2) is 7.79. The summed E-state index contributed by atoms with van der Waals surface area (Å²) in [6.45, 7) is 4.81. The fourth-order valence-corrected chi connectivity index (χ4v) is 2.28. The molecule has 4 N–H and O–H groups in total. The van der Waals surface area contributed by atoms with Crippen LogP contribution >= 0.6 is 11.6 Å². The normalized spacial score (nSPS) is 11.0. The van der Waals surface area contributed by atoms with Crippen molar-refractivity contribution < 1.29 is 23.1 Å². The smallest absolute Gasteiger partial charge is 0.412 e.